The number of anilines is 1. The van der Waals surface area contributed by atoms with Gasteiger partial charge in [0.25, 0.3) is 5.69 Å². The van der Waals surface area contributed by atoms with Gasteiger partial charge in [-0.1, -0.05) is 0 Å². The summed E-state index contributed by atoms with van der Waals surface area (Å²) >= 11 is 0. The van der Waals surface area contributed by atoms with Crippen LogP contribution in [0.5, 0.6) is 0 Å². The molecular formula is C10H6FN5O2. The fourth-order valence-electron chi connectivity index (χ4n) is 1.20. The van der Waals surface area contributed by atoms with Crippen molar-refractivity contribution in [3.8, 4) is 12.1 Å². The molecule has 7 nitrogen and oxygen atoms in total. The van der Waals surface area contributed by atoms with E-state index in [1.807, 2.05) is 0 Å². The van der Waals surface area contributed by atoms with E-state index in [4.69, 9.17) is 10.5 Å². The van der Waals surface area contributed by atoms with Gasteiger partial charge >= 0.3 is 0 Å². The molecule has 0 fully saturated rings. The van der Waals surface area contributed by atoms with E-state index in [1.54, 1.807) is 0 Å². The van der Waals surface area contributed by atoms with Crippen molar-refractivity contribution in [2.45, 2.75) is 6.92 Å². The Hall–Kier alpha value is -3.00. The van der Waals surface area contributed by atoms with Gasteiger partial charge in [0, 0.05) is 0 Å². The molecule has 0 aliphatic rings. The van der Waals surface area contributed by atoms with Gasteiger partial charge in [-0.05, 0) is 18.6 Å². The topological polar surface area (TPSA) is 115 Å². The number of nitro benzene ring substituents is 1. The van der Waals surface area contributed by atoms with Crippen molar-refractivity contribution in [1.82, 2.24) is 0 Å². The van der Waals surface area contributed by atoms with Gasteiger partial charge in [-0.25, -0.2) is 4.39 Å². The number of benzene rings is 1. The quantitative estimate of drug-likeness (QED) is 0.497. The first-order valence-electron chi connectivity index (χ1n) is 4.58. The summed E-state index contributed by atoms with van der Waals surface area (Å²) in [5.41, 5.74) is 1.38. The average Bonchev–Trinajstić information content (AvgIpc) is 2.31. The van der Waals surface area contributed by atoms with Crippen LogP contribution in [0.1, 0.15) is 5.56 Å². The lowest BCUT2D eigenvalue weighted by Gasteiger charge is -2.05. The van der Waals surface area contributed by atoms with Crippen LogP contribution in [0, 0.1) is 45.5 Å². The maximum Gasteiger partial charge on any atom is 0.297 e. The maximum atomic E-state index is 13.0. The molecule has 8 heteroatoms. The zero-order valence-electron chi connectivity index (χ0n) is 9.14. The number of hydrazone groups is 1. The van der Waals surface area contributed by atoms with Gasteiger partial charge in [0.2, 0.25) is 5.71 Å². The lowest BCUT2D eigenvalue weighted by Crippen LogP contribution is -2.02. The molecule has 0 spiro atoms. The molecule has 0 radical (unpaired) electrons. The van der Waals surface area contributed by atoms with Crippen LogP contribution in [0.25, 0.3) is 0 Å². The Kier molecular flexibility index (Phi) is 3.89. The first kappa shape index (κ1) is 13.1. The SMILES string of the molecule is Cc1cc(F)cc([N+](=O)[O-])c1NN=C(C#N)C#N. The predicted octanol–water partition coefficient (Wildman–Crippen LogP) is 1.86. The van der Waals surface area contributed by atoms with Crippen molar-refractivity contribution < 1.29 is 9.31 Å². The van der Waals surface area contributed by atoms with E-state index in [0.717, 1.165) is 12.1 Å². The molecule has 0 saturated carbocycles. The standard InChI is InChI=1S/C10H6FN5O2/c1-6-2-7(11)3-9(16(17)18)10(6)15-14-8(4-12)5-13/h2-3,15H,1H3. The fourth-order valence-corrected chi connectivity index (χ4v) is 1.20. The van der Waals surface area contributed by atoms with E-state index in [1.165, 1.54) is 19.1 Å². The highest BCUT2D eigenvalue weighted by Crippen LogP contribution is 2.29. The Morgan fingerprint density at radius 1 is 1.50 bits per heavy atom. The first-order chi connectivity index (χ1) is 8.49. The van der Waals surface area contributed by atoms with Crippen molar-refractivity contribution >= 4 is 17.1 Å². The molecule has 0 heterocycles. The molecule has 0 aliphatic carbocycles. The molecule has 1 aromatic carbocycles. The minimum atomic E-state index is -0.785. The molecule has 0 unspecified atom stereocenters. The third kappa shape index (κ3) is 2.77. The number of hydrogen-bond acceptors (Lipinski definition) is 6. The zero-order valence-corrected chi connectivity index (χ0v) is 9.14. The van der Waals surface area contributed by atoms with Crippen molar-refractivity contribution in [3.63, 3.8) is 0 Å². The van der Waals surface area contributed by atoms with Crippen LogP contribution >= 0.6 is 0 Å². The van der Waals surface area contributed by atoms with E-state index < -0.39 is 22.1 Å². The van der Waals surface area contributed by atoms with Crippen LogP contribution in [0.15, 0.2) is 17.2 Å². The van der Waals surface area contributed by atoms with Gasteiger partial charge in [-0.15, -0.1) is 0 Å². The zero-order chi connectivity index (χ0) is 13.7. The third-order valence-electron chi connectivity index (χ3n) is 1.97. The summed E-state index contributed by atoms with van der Waals surface area (Å²) in [6, 6.07) is 4.77. The van der Waals surface area contributed by atoms with Crippen LogP contribution in [-0.4, -0.2) is 10.6 Å². The van der Waals surface area contributed by atoms with Crippen LogP contribution < -0.4 is 5.43 Å². The molecule has 90 valence electrons. The average molecular weight is 247 g/mol. The highest BCUT2D eigenvalue weighted by Gasteiger charge is 2.18. The summed E-state index contributed by atoms with van der Waals surface area (Å²) in [5, 5.41) is 31.0. The second kappa shape index (κ2) is 5.37. The molecule has 0 saturated heterocycles. The van der Waals surface area contributed by atoms with Gasteiger partial charge in [-0.2, -0.15) is 15.6 Å². The second-order valence-electron chi connectivity index (χ2n) is 3.17. The van der Waals surface area contributed by atoms with Crippen LogP contribution in [0.3, 0.4) is 0 Å². The number of rotatable bonds is 3. The highest BCUT2D eigenvalue weighted by molar-refractivity contribution is 6.10. The Labute approximate surface area is 101 Å². The van der Waals surface area contributed by atoms with E-state index in [2.05, 4.69) is 10.5 Å². The van der Waals surface area contributed by atoms with Crippen molar-refractivity contribution in [2.24, 2.45) is 5.10 Å². The molecule has 0 bridgehead atoms. The molecule has 0 atom stereocenters. The van der Waals surface area contributed by atoms with E-state index >= 15 is 0 Å². The van der Waals surface area contributed by atoms with Crippen molar-refractivity contribution in [2.75, 3.05) is 5.43 Å². The summed E-state index contributed by atoms with van der Waals surface area (Å²) in [7, 11) is 0. The summed E-state index contributed by atoms with van der Waals surface area (Å²) < 4.78 is 13.0. The number of hydrogen-bond donors (Lipinski definition) is 1. The molecular weight excluding hydrogens is 241 g/mol. The fraction of sp³-hybridized carbons (Fsp3) is 0.100. The summed E-state index contributed by atoms with van der Waals surface area (Å²) in [6.07, 6.45) is 0. The van der Waals surface area contributed by atoms with Gasteiger partial charge in [-0.3, -0.25) is 15.5 Å². The second-order valence-corrected chi connectivity index (χ2v) is 3.17. The number of nitriles is 2. The third-order valence-corrected chi connectivity index (χ3v) is 1.97. The largest absolute Gasteiger partial charge is 0.297 e. The van der Waals surface area contributed by atoms with Crippen LogP contribution in [0.2, 0.25) is 0 Å². The Balaban J connectivity index is 3.26. The monoisotopic (exact) mass is 247 g/mol. The maximum absolute atomic E-state index is 13.0. The van der Waals surface area contributed by atoms with E-state index in [9.17, 15) is 14.5 Å². The summed E-state index contributed by atoms with van der Waals surface area (Å²) in [4.78, 5) is 9.95. The molecule has 1 aromatic rings. The van der Waals surface area contributed by atoms with Gasteiger partial charge < -0.3 is 0 Å². The lowest BCUT2D eigenvalue weighted by atomic mass is 10.1. The van der Waals surface area contributed by atoms with E-state index in [0.29, 0.717) is 0 Å². The molecule has 18 heavy (non-hydrogen) atoms. The Bertz CT molecular complexity index is 596. The number of nitrogens with one attached hydrogen (secondary N) is 1. The van der Waals surface area contributed by atoms with Gasteiger partial charge in [0.15, 0.2) is 0 Å². The van der Waals surface area contributed by atoms with Crippen molar-refractivity contribution in [3.05, 3.63) is 33.6 Å². The molecule has 1 rings (SSSR count). The molecule has 0 amide bonds. The normalized spacial score (nSPS) is 8.89. The number of nitrogens with zero attached hydrogens (tertiary/aromatic N) is 4. The smallest absolute Gasteiger partial charge is 0.269 e. The first-order valence-corrected chi connectivity index (χ1v) is 4.58. The molecule has 0 aliphatic heterocycles. The Morgan fingerprint density at radius 2 is 2.11 bits per heavy atom. The Morgan fingerprint density at radius 3 is 2.61 bits per heavy atom. The van der Waals surface area contributed by atoms with Gasteiger partial charge in [0.05, 0.1) is 11.0 Å². The predicted molar refractivity (Wildman–Crippen MR) is 60.1 cm³/mol. The minimum absolute atomic E-state index is 0.0654. The number of nitro groups is 1. The number of halogens is 1. The lowest BCUT2D eigenvalue weighted by molar-refractivity contribution is -0.384. The highest BCUT2D eigenvalue weighted by atomic mass is 19.1. The minimum Gasteiger partial charge on any atom is -0.269 e. The molecule has 0 aromatic heterocycles. The van der Waals surface area contributed by atoms with Crippen LogP contribution in [-0.2, 0) is 0 Å². The van der Waals surface area contributed by atoms with Crippen molar-refractivity contribution in [1.29, 1.82) is 10.5 Å². The van der Waals surface area contributed by atoms with E-state index in [-0.39, 0.29) is 11.3 Å². The summed E-state index contributed by atoms with van der Waals surface area (Å²) in [6.45, 7) is 1.44. The number of aryl methyl sites for hydroxylation is 1. The summed E-state index contributed by atoms with van der Waals surface area (Å²) in [5.74, 6) is -0.755. The van der Waals surface area contributed by atoms with Gasteiger partial charge in [0.1, 0.15) is 23.6 Å². The molecule has 1 N–H and O–H groups in total. The van der Waals surface area contributed by atoms with Crippen LogP contribution in [0.4, 0.5) is 15.8 Å².